The number of ether oxygens (including phenoxy) is 1. The van der Waals surface area contributed by atoms with Gasteiger partial charge < -0.3 is 4.74 Å². The number of para-hydroxylation sites is 2. The van der Waals surface area contributed by atoms with Gasteiger partial charge in [0.05, 0.1) is 0 Å². The van der Waals surface area contributed by atoms with Crippen LogP contribution in [-0.4, -0.2) is 4.98 Å². The summed E-state index contributed by atoms with van der Waals surface area (Å²) in [6.45, 7) is 0. The fourth-order valence-corrected chi connectivity index (χ4v) is 6.87. The second kappa shape index (κ2) is 9.93. The summed E-state index contributed by atoms with van der Waals surface area (Å²) >= 11 is 0. The number of hydrogen-bond donors (Lipinski definition) is 0. The van der Waals surface area contributed by atoms with E-state index in [4.69, 9.17) is 4.74 Å². The lowest BCUT2D eigenvalue weighted by molar-refractivity contribution is 0.462. The monoisotopic (exact) mass is 561 g/mol. The first-order valence-electron chi connectivity index (χ1n) is 15.1. The minimum atomic E-state index is 0.861. The van der Waals surface area contributed by atoms with Gasteiger partial charge in [0, 0.05) is 29.9 Å². The van der Waals surface area contributed by atoms with Crippen LogP contribution in [0, 0.1) is 0 Å². The average molecular weight is 562 g/mol. The lowest BCUT2D eigenvalue weighted by Crippen LogP contribution is -2.04. The van der Waals surface area contributed by atoms with Gasteiger partial charge in [-0.25, -0.2) is 0 Å². The number of fused-ring (bicyclic) bond motifs is 8. The van der Waals surface area contributed by atoms with Crippen LogP contribution >= 0.6 is 0 Å². The van der Waals surface area contributed by atoms with E-state index in [1.807, 2.05) is 24.5 Å². The first kappa shape index (κ1) is 24.8. The summed E-state index contributed by atoms with van der Waals surface area (Å²) in [6, 6.07) is 50.3. The van der Waals surface area contributed by atoms with E-state index >= 15 is 0 Å². The van der Waals surface area contributed by atoms with Crippen LogP contribution in [-0.2, 0) is 6.42 Å². The van der Waals surface area contributed by atoms with Crippen molar-refractivity contribution in [2.24, 2.45) is 0 Å². The topological polar surface area (TPSA) is 22.1 Å². The van der Waals surface area contributed by atoms with Crippen LogP contribution < -0.4 is 4.74 Å². The van der Waals surface area contributed by atoms with Gasteiger partial charge in [0.1, 0.15) is 11.5 Å². The number of rotatable bonds is 3. The zero-order valence-electron chi connectivity index (χ0n) is 24.0. The Labute approximate surface area is 255 Å². The maximum absolute atomic E-state index is 6.59. The van der Waals surface area contributed by atoms with Gasteiger partial charge in [-0.05, 0) is 102 Å². The second-order valence-corrected chi connectivity index (χ2v) is 11.6. The third-order valence-corrected chi connectivity index (χ3v) is 8.98. The predicted octanol–water partition coefficient (Wildman–Crippen LogP) is 11.2. The Kier molecular flexibility index (Phi) is 5.60. The standard InChI is InChI=1S/C42H27NO/c1-6-17-41-28(9-1)21-29-10-7-16-34(42(29)44-41)33-23-31(22-32(24-33)30-11-8-20-43-26-30)27-18-19-39-37-14-3-2-12-35(37)36-13-4-5-15-38(36)40(39)25-27/h1-20,22-26H,21H2. The van der Waals surface area contributed by atoms with E-state index in [1.54, 1.807) is 0 Å². The Morgan fingerprint density at radius 3 is 1.82 bits per heavy atom. The molecule has 0 bridgehead atoms. The summed E-state index contributed by atoms with van der Waals surface area (Å²) in [7, 11) is 0. The van der Waals surface area contributed by atoms with E-state index in [1.165, 1.54) is 49.0 Å². The van der Waals surface area contributed by atoms with E-state index in [-0.39, 0.29) is 0 Å². The van der Waals surface area contributed by atoms with Crippen molar-refractivity contribution in [3.8, 4) is 44.9 Å². The Morgan fingerprint density at radius 1 is 0.432 bits per heavy atom. The third-order valence-electron chi connectivity index (χ3n) is 8.98. The molecular weight excluding hydrogens is 534 g/mol. The smallest absolute Gasteiger partial charge is 0.138 e. The van der Waals surface area contributed by atoms with Crippen molar-refractivity contribution in [3.05, 3.63) is 163 Å². The maximum Gasteiger partial charge on any atom is 0.138 e. The molecule has 44 heavy (non-hydrogen) atoms. The Balaban J connectivity index is 1.27. The molecule has 2 heterocycles. The molecule has 2 nitrogen and oxygen atoms in total. The van der Waals surface area contributed by atoms with Gasteiger partial charge >= 0.3 is 0 Å². The Morgan fingerprint density at radius 2 is 1.07 bits per heavy atom. The number of hydrogen-bond acceptors (Lipinski definition) is 2. The molecule has 9 rings (SSSR count). The van der Waals surface area contributed by atoms with Gasteiger partial charge in [-0.15, -0.1) is 0 Å². The Hall–Kier alpha value is -5.73. The molecule has 0 fully saturated rings. The maximum atomic E-state index is 6.59. The highest BCUT2D eigenvalue weighted by Gasteiger charge is 2.21. The van der Waals surface area contributed by atoms with E-state index in [0.717, 1.165) is 45.7 Å². The summed E-state index contributed by atoms with van der Waals surface area (Å²) < 4.78 is 6.59. The quantitative estimate of drug-likeness (QED) is 0.200. The molecule has 1 aliphatic rings. The number of pyridine rings is 1. The van der Waals surface area contributed by atoms with Gasteiger partial charge in [-0.3, -0.25) is 4.98 Å². The van der Waals surface area contributed by atoms with E-state index in [9.17, 15) is 0 Å². The molecule has 0 aliphatic carbocycles. The molecular formula is C42H27NO. The third kappa shape index (κ3) is 4.00. The van der Waals surface area contributed by atoms with Crippen LogP contribution in [0.1, 0.15) is 11.1 Å². The minimum Gasteiger partial charge on any atom is -0.456 e. The van der Waals surface area contributed by atoms with Gasteiger partial charge in [-0.1, -0.05) is 103 Å². The van der Waals surface area contributed by atoms with Crippen molar-refractivity contribution in [1.82, 2.24) is 4.98 Å². The van der Waals surface area contributed by atoms with Crippen LogP contribution in [0.5, 0.6) is 11.5 Å². The fraction of sp³-hybridized carbons (Fsp3) is 0.0238. The van der Waals surface area contributed by atoms with Gasteiger partial charge in [0.25, 0.3) is 0 Å². The molecule has 7 aromatic carbocycles. The molecule has 0 radical (unpaired) electrons. The average Bonchev–Trinajstić information content (AvgIpc) is 3.10. The number of nitrogens with zero attached hydrogens (tertiary/aromatic N) is 1. The molecule has 1 aromatic heterocycles. The summed E-state index contributed by atoms with van der Waals surface area (Å²) in [5, 5.41) is 7.67. The molecule has 0 saturated heterocycles. The van der Waals surface area contributed by atoms with Gasteiger partial charge in [0.2, 0.25) is 0 Å². The number of benzene rings is 7. The van der Waals surface area contributed by atoms with Gasteiger partial charge in [-0.2, -0.15) is 0 Å². The summed E-state index contributed by atoms with van der Waals surface area (Å²) in [5.74, 6) is 1.88. The van der Waals surface area contributed by atoms with Crippen molar-refractivity contribution in [3.63, 3.8) is 0 Å². The zero-order chi connectivity index (χ0) is 29.0. The minimum absolute atomic E-state index is 0.861. The molecule has 0 amide bonds. The van der Waals surface area contributed by atoms with Crippen molar-refractivity contribution < 1.29 is 4.74 Å². The number of aromatic nitrogens is 1. The first-order chi connectivity index (χ1) is 21.8. The summed E-state index contributed by atoms with van der Waals surface area (Å²) in [4.78, 5) is 4.44. The van der Waals surface area contributed by atoms with Crippen molar-refractivity contribution in [2.45, 2.75) is 6.42 Å². The first-order valence-corrected chi connectivity index (χ1v) is 15.1. The zero-order valence-corrected chi connectivity index (χ0v) is 24.0. The van der Waals surface area contributed by atoms with E-state index < -0.39 is 0 Å². The highest BCUT2D eigenvalue weighted by molar-refractivity contribution is 6.25. The molecule has 0 saturated carbocycles. The highest BCUT2D eigenvalue weighted by atomic mass is 16.5. The summed E-state index contributed by atoms with van der Waals surface area (Å²) in [5.41, 5.74) is 9.21. The molecule has 206 valence electrons. The molecule has 8 aromatic rings. The molecule has 0 unspecified atom stereocenters. The van der Waals surface area contributed by atoms with Crippen molar-refractivity contribution in [2.75, 3.05) is 0 Å². The van der Waals surface area contributed by atoms with Crippen LogP contribution in [0.4, 0.5) is 0 Å². The lowest BCUT2D eigenvalue weighted by Gasteiger charge is -2.23. The Bertz CT molecular complexity index is 2350. The molecule has 0 spiro atoms. The van der Waals surface area contributed by atoms with Crippen molar-refractivity contribution in [1.29, 1.82) is 0 Å². The van der Waals surface area contributed by atoms with Crippen LogP contribution in [0.2, 0.25) is 0 Å². The van der Waals surface area contributed by atoms with E-state index in [0.29, 0.717) is 0 Å². The van der Waals surface area contributed by atoms with Gasteiger partial charge in [0.15, 0.2) is 0 Å². The van der Waals surface area contributed by atoms with Crippen molar-refractivity contribution >= 4 is 32.3 Å². The molecule has 0 atom stereocenters. The van der Waals surface area contributed by atoms with Crippen LogP contribution in [0.25, 0.3) is 65.7 Å². The molecule has 0 N–H and O–H groups in total. The van der Waals surface area contributed by atoms with Crippen LogP contribution in [0.15, 0.2) is 152 Å². The second-order valence-electron chi connectivity index (χ2n) is 11.6. The normalized spacial score (nSPS) is 12.2. The largest absolute Gasteiger partial charge is 0.456 e. The molecule has 2 heteroatoms. The fourth-order valence-electron chi connectivity index (χ4n) is 6.87. The van der Waals surface area contributed by atoms with Crippen LogP contribution in [0.3, 0.4) is 0 Å². The lowest BCUT2D eigenvalue weighted by atomic mass is 9.89. The molecule has 1 aliphatic heterocycles. The highest BCUT2D eigenvalue weighted by Crippen LogP contribution is 2.45. The predicted molar refractivity (Wildman–Crippen MR) is 182 cm³/mol. The SMILES string of the molecule is c1cncc(-c2cc(-c3ccc4c5ccccc5c5ccccc5c4c3)cc(-c3cccc4c3Oc3ccccc3C4)c2)c1. The summed E-state index contributed by atoms with van der Waals surface area (Å²) in [6.07, 6.45) is 4.63. The van der Waals surface area contributed by atoms with E-state index in [2.05, 4.69) is 132 Å².